The summed E-state index contributed by atoms with van der Waals surface area (Å²) in [6.07, 6.45) is 0.594. The molecule has 0 aromatic heterocycles. The molecule has 136 valence electrons. The van der Waals surface area contributed by atoms with Gasteiger partial charge in [0, 0.05) is 30.9 Å². The Morgan fingerprint density at radius 3 is 2.50 bits per heavy atom. The van der Waals surface area contributed by atoms with Crippen LogP contribution in [0.15, 0.2) is 36.4 Å². The van der Waals surface area contributed by atoms with Crippen LogP contribution in [0, 0.1) is 11.6 Å². The van der Waals surface area contributed by atoms with E-state index in [4.69, 9.17) is 9.47 Å². The Balaban J connectivity index is 1.58. The first-order chi connectivity index (χ1) is 12.5. The van der Waals surface area contributed by atoms with Crippen molar-refractivity contribution in [2.24, 2.45) is 0 Å². The zero-order chi connectivity index (χ0) is 18.5. The summed E-state index contributed by atoms with van der Waals surface area (Å²) >= 11 is 0. The molecule has 1 heterocycles. The number of hydrogen-bond acceptors (Lipinski definition) is 4. The summed E-state index contributed by atoms with van der Waals surface area (Å²) in [7, 11) is 0. The summed E-state index contributed by atoms with van der Waals surface area (Å²) in [6.45, 7) is 1.07. The van der Waals surface area contributed by atoms with E-state index in [1.54, 1.807) is 18.2 Å². The molecule has 0 fully saturated rings. The van der Waals surface area contributed by atoms with Crippen LogP contribution in [0.5, 0.6) is 11.5 Å². The average molecular weight is 361 g/mol. The van der Waals surface area contributed by atoms with Gasteiger partial charge in [0.05, 0.1) is 18.9 Å². The molecular formula is C19H17F2NO4. The maximum absolute atomic E-state index is 13.5. The molecule has 0 bridgehead atoms. The maximum Gasteiger partial charge on any atom is 0.224 e. The average Bonchev–Trinajstić information content (AvgIpc) is 2.86. The van der Waals surface area contributed by atoms with E-state index in [0.717, 1.165) is 18.6 Å². The second kappa shape index (κ2) is 7.95. The third-order valence-corrected chi connectivity index (χ3v) is 3.85. The molecule has 0 radical (unpaired) electrons. The van der Waals surface area contributed by atoms with E-state index in [-0.39, 0.29) is 24.3 Å². The van der Waals surface area contributed by atoms with Gasteiger partial charge in [-0.2, -0.15) is 0 Å². The fraction of sp³-hybridized carbons (Fsp3) is 0.263. The van der Waals surface area contributed by atoms with Gasteiger partial charge in [-0.05, 0) is 30.3 Å². The summed E-state index contributed by atoms with van der Waals surface area (Å²) in [5, 5.41) is 2.32. The molecule has 26 heavy (non-hydrogen) atoms. The molecule has 1 N–H and O–H groups in total. The van der Waals surface area contributed by atoms with Gasteiger partial charge in [0.2, 0.25) is 5.91 Å². The lowest BCUT2D eigenvalue weighted by Crippen LogP contribution is -2.14. The molecule has 1 amide bonds. The van der Waals surface area contributed by atoms with E-state index in [9.17, 15) is 18.4 Å². The topological polar surface area (TPSA) is 64.6 Å². The van der Waals surface area contributed by atoms with Gasteiger partial charge in [-0.1, -0.05) is 0 Å². The quantitative estimate of drug-likeness (QED) is 0.825. The van der Waals surface area contributed by atoms with Gasteiger partial charge in [-0.25, -0.2) is 8.78 Å². The van der Waals surface area contributed by atoms with Crippen molar-refractivity contribution in [3.63, 3.8) is 0 Å². The Labute approximate surface area is 148 Å². The number of benzene rings is 2. The first-order valence-electron chi connectivity index (χ1n) is 8.20. The Bertz CT molecular complexity index is 838. The zero-order valence-electron chi connectivity index (χ0n) is 13.9. The minimum absolute atomic E-state index is 0.0473. The lowest BCUT2D eigenvalue weighted by Gasteiger charge is -2.09. The molecule has 0 atom stereocenters. The van der Waals surface area contributed by atoms with Gasteiger partial charge in [-0.3, -0.25) is 9.59 Å². The maximum atomic E-state index is 13.5. The monoisotopic (exact) mass is 361 g/mol. The van der Waals surface area contributed by atoms with Crippen molar-refractivity contribution >= 4 is 17.4 Å². The van der Waals surface area contributed by atoms with E-state index >= 15 is 0 Å². The molecule has 7 heteroatoms. The van der Waals surface area contributed by atoms with Crippen molar-refractivity contribution < 1.29 is 27.8 Å². The largest absolute Gasteiger partial charge is 0.490 e. The smallest absolute Gasteiger partial charge is 0.224 e. The lowest BCUT2D eigenvalue weighted by atomic mass is 10.1. The van der Waals surface area contributed by atoms with Crippen LogP contribution in [0.4, 0.5) is 14.5 Å². The van der Waals surface area contributed by atoms with Gasteiger partial charge < -0.3 is 14.8 Å². The second-order valence-corrected chi connectivity index (χ2v) is 5.81. The molecule has 0 saturated heterocycles. The van der Waals surface area contributed by atoms with Gasteiger partial charge in [-0.15, -0.1) is 0 Å². The Hall–Kier alpha value is -2.96. The highest BCUT2D eigenvalue weighted by Gasteiger charge is 2.16. The van der Waals surface area contributed by atoms with E-state index < -0.39 is 17.5 Å². The van der Waals surface area contributed by atoms with E-state index in [1.807, 2.05) is 0 Å². The number of anilines is 1. The number of carbonyl (C=O) groups excluding carboxylic acids is 2. The first-order valence-corrected chi connectivity index (χ1v) is 8.20. The molecule has 0 unspecified atom stereocenters. The molecule has 5 nitrogen and oxygen atoms in total. The highest BCUT2D eigenvalue weighted by Crippen LogP contribution is 2.30. The number of rotatable bonds is 5. The molecule has 2 aromatic rings. The molecule has 0 aliphatic carbocycles. The molecular weight excluding hydrogens is 344 g/mol. The van der Waals surface area contributed by atoms with Crippen LogP contribution in [0.2, 0.25) is 0 Å². The van der Waals surface area contributed by atoms with Crippen LogP contribution in [0.3, 0.4) is 0 Å². The normalized spacial score (nSPS) is 13.0. The third-order valence-electron chi connectivity index (χ3n) is 3.85. The number of halogens is 2. The number of fused-ring (bicyclic) bond motifs is 1. The van der Waals surface area contributed by atoms with Crippen molar-refractivity contribution in [3.8, 4) is 11.5 Å². The van der Waals surface area contributed by atoms with E-state index in [0.29, 0.717) is 36.3 Å². The van der Waals surface area contributed by atoms with Crippen LogP contribution in [0.25, 0.3) is 0 Å². The van der Waals surface area contributed by atoms with Gasteiger partial charge in [0.25, 0.3) is 0 Å². The highest BCUT2D eigenvalue weighted by atomic mass is 19.1. The number of ether oxygens (including phenoxy) is 2. The third kappa shape index (κ3) is 4.36. The standard InChI is InChI=1S/C19H17F2NO4/c20-13-3-4-15(14(21)11-13)22-19(24)7-5-16(23)12-2-6-17-18(10-12)26-9-1-8-25-17/h2-4,6,10-11H,1,5,7-9H2,(H,22,24). The number of Topliss-reactive ketones (excluding diaryl/α,β-unsaturated/α-hetero) is 1. The highest BCUT2D eigenvalue weighted by molar-refractivity contribution is 6.00. The van der Waals surface area contributed by atoms with Crippen molar-refractivity contribution in [2.45, 2.75) is 19.3 Å². The Morgan fingerprint density at radius 1 is 0.962 bits per heavy atom. The van der Waals surface area contributed by atoms with Crippen LogP contribution >= 0.6 is 0 Å². The minimum Gasteiger partial charge on any atom is -0.490 e. The predicted octanol–water partition coefficient (Wildman–Crippen LogP) is 3.73. The fourth-order valence-electron chi connectivity index (χ4n) is 2.51. The fourth-order valence-corrected chi connectivity index (χ4v) is 2.51. The van der Waals surface area contributed by atoms with Crippen LogP contribution in [0.1, 0.15) is 29.6 Å². The summed E-state index contributed by atoms with van der Waals surface area (Å²) in [6, 6.07) is 7.74. The Kier molecular flexibility index (Phi) is 5.46. The van der Waals surface area contributed by atoms with Gasteiger partial charge in [0.15, 0.2) is 17.3 Å². The summed E-state index contributed by atoms with van der Waals surface area (Å²) in [4.78, 5) is 24.2. The summed E-state index contributed by atoms with van der Waals surface area (Å²) in [5.41, 5.74) is 0.287. The van der Waals surface area contributed by atoms with Crippen LogP contribution < -0.4 is 14.8 Å². The number of nitrogens with one attached hydrogen (secondary N) is 1. The zero-order valence-corrected chi connectivity index (χ0v) is 13.9. The molecule has 1 aliphatic heterocycles. The summed E-state index contributed by atoms with van der Waals surface area (Å²) < 4.78 is 37.4. The number of hydrogen-bond donors (Lipinski definition) is 1. The van der Waals surface area contributed by atoms with Crippen LogP contribution in [-0.2, 0) is 4.79 Å². The van der Waals surface area contributed by atoms with Crippen molar-refractivity contribution in [2.75, 3.05) is 18.5 Å². The van der Waals surface area contributed by atoms with Crippen LogP contribution in [-0.4, -0.2) is 24.9 Å². The predicted molar refractivity (Wildman–Crippen MR) is 90.6 cm³/mol. The molecule has 2 aromatic carbocycles. The second-order valence-electron chi connectivity index (χ2n) is 5.81. The number of ketones is 1. The van der Waals surface area contributed by atoms with E-state index in [2.05, 4.69) is 5.32 Å². The molecule has 0 spiro atoms. The Morgan fingerprint density at radius 2 is 1.73 bits per heavy atom. The van der Waals surface area contributed by atoms with Crippen molar-refractivity contribution in [1.82, 2.24) is 0 Å². The summed E-state index contributed by atoms with van der Waals surface area (Å²) in [5.74, 6) is -1.28. The molecule has 1 aliphatic rings. The molecule has 3 rings (SSSR count). The number of carbonyl (C=O) groups is 2. The van der Waals surface area contributed by atoms with Crippen molar-refractivity contribution in [1.29, 1.82) is 0 Å². The SMILES string of the molecule is O=C(CCC(=O)c1ccc2c(c1)OCCCO2)Nc1ccc(F)cc1F. The van der Waals surface area contributed by atoms with Gasteiger partial charge in [0.1, 0.15) is 11.6 Å². The first kappa shape index (κ1) is 17.8. The lowest BCUT2D eigenvalue weighted by molar-refractivity contribution is -0.116. The van der Waals surface area contributed by atoms with Gasteiger partial charge >= 0.3 is 0 Å². The number of amides is 1. The minimum atomic E-state index is -0.868. The van der Waals surface area contributed by atoms with Crippen molar-refractivity contribution in [3.05, 3.63) is 53.6 Å². The van der Waals surface area contributed by atoms with E-state index in [1.165, 1.54) is 0 Å². The molecule has 0 saturated carbocycles.